The number of nitrogens with zero attached hydrogens (tertiary/aromatic N) is 3. The zero-order valence-corrected chi connectivity index (χ0v) is 10.6. The number of aromatic nitrogens is 3. The van der Waals surface area contributed by atoms with Crippen molar-refractivity contribution in [1.29, 1.82) is 0 Å². The molecule has 0 unspecified atom stereocenters. The molecule has 0 aliphatic carbocycles. The Labute approximate surface area is 109 Å². The van der Waals surface area contributed by atoms with E-state index in [2.05, 4.69) is 14.9 Å². The second-order valence-corrected chi connectivity index (χ2v) is 5.62. The fourth-order valence-corrected chi connectivity index (χ4v) is 2.75. The second-order valence-electron chi connectivity index (χ2n) is 3.93. The van der Waals surface area contributed by atoms with Gasteiger partial charge in [0.1, 0.15) is 11.2 Å². The normalized spacial score (nSPS) is 11.6. The van der Waals surface area contributed by atoms with Gasteiger partial charge in [0.25, 0.3) is 10.0 Å². The first-order chi connectivity index (χ1) is 9.15. The zero-order chi connectivity index (χ0) is 13.3. The van der Waals surface area contributed by atoms with Gasteiger partial charge >= 0.3 is 0 Å². The van der Waals surface area contributed by atoms with Gasteiger partial charge in [-0.2, -0.15) is 0 Å². The van der Waals surface area contributed by atoms with Gasteiger partial charge in [0.2, 0.25) is 0 Å². The van der Waals surface area contributed by atoms with Gasteiger partial charge < -0.3 is 0 Å². The third-order valence-corrected chi connectivity index (χ3v) is 3.97. The lowest BCUT2D eigenvalue weighted by molar-refractivity contribution is 0.600. The molecule has 2 heterocycles. The minimum atomic E-state index is -3.61. The second kappa shape index (κ2) is 4.36. The molecule has 1 aromatic carbocycles. The summed E-state index contributed by atoms with van der Waals surface area (Å²) in [6.07, 6.45) is 2.93. The van der Waals surface area contributed by atoms with Crippen molar-refractivity contribution in [2.75, 3.05) is 4.72 Å². The first-order valence-electron chi connectivity index (χ1n) is 5.52. The van der Waals surface area contributed by atoms with Gasteiger partial charge in [0.05, 0.1) is 0 Å². The summed E-state index contributed by atoms with van der Waals surface area (Å²) in [6.45, 7) is 0. The van der Waals surface area contributed by atoms with Gasteiger partial charge in [0.15, 0.2) is 5.65 Å². The summed E-state index contributed by atoms with van der Waals surface area (Å²) >= 11 is 0. The van der Waals surface area contributed by atoms with Gasteiger partial charge in [0, 0.05) is 11.9 Å². The van der Waals surface area contributed by atoms with Gasteiger partial charge in [-0.25, -0.2) is 8.42 Å². The number of anilines is 1. The van der Waals surface area contributed by atoms with Crippen LogP contribution in [0.3, 0.4) is 0 Å². The Morgan fingerprint density at radius 1 is 1.05 bits per heavy atom. The van der Waals surface area contributed by atoms with Crippen LogP contribution in [0.4, 0.5) is 5.69 Å². The summed E-state index contributed by atoms with van der Waals surface area (Å²) in [5, 5.41) is 7.53. The molecular formula is C12H10N4O2S. The number of pyridine rings is 1. The van der Waals surface area contributed by atoms with Crippen LogP contribution in [0.25, 0.3) is 5.65 Å². The van der Waals surface area contributed by atoms with E-state index in [1.165, 1.54) is 18.6 Å². The van der Waals surface area contributed by atoms with Crippen molar-refractivity contribution < 1.29 is 8.42 Å². The predicted molar refractivity (Wildman–Crippen MR) is 70.2 cm³/mol. The van der Waals surface area contributed by atoms with Gasteiger partial charge in [-0.05, 0) is 24.3 Å². The maximum atomic E-state index is 12.2. The highest BCUT2D eigenvalue weighted by atomic mass is 32.2. The van der Waals surface area contributed by atoms with Crippen LogP contribution in [0.1, 0.15) is 0 Å². The number of rotatable bonds is 3. The molecule has 1 N–H and O–H groups in total. The Morgan fingerprint density at radius 2 is 1.84 bits per heavy atom. The van der Waals surface area contributed by atoms with Gasteiger partial charge in [-0.3, -0.25) is 9.12 Å². The SMILES string of the molecule is O=S(=O)(Nc1ccccc1)c1ccc2nncn2c1. The van der Waals surface area contributed by atoms with E-state index < -0.39 is 10.0 Å². The fraction of sp³-hybridized carbons (Fsp3) is 0. The van der Waals surface area contributed by atoms with E-state index in [9.17, 15) is 8.42 Å². The lowest BCUT2D eigenvalue weighted by atomic mass is 10.3. The standard InChI is InChI=1S/C12H10N4O2S/c17-19(18,15-10-4-2-1-3-5-10)11-6-7-12-14-13-9-16(12)8-11/h1-9,15H. The third-order valence-electron chi connectivity index (χ3n) is 2.60. The van der Waals surface area contributed by atoms with E-state index in [1.807, 2.05) is 6.07 Å². The topological polar surface area (TPSA) is 76.4 Å². The molecule has 0 saturated carbocycles. The van der Waals surface area contributed by atoms with Gasteiger partial charge in [-0.1, -0.05) is 18.2 Å². The van der Waals surface area contributed by atoms with Crippen LogP contribution in [-0.4, -0.2) is 23.0 Å². The Kier molecular flexibility index (Phi) is 2.68. The van der Waals surface area contributed by atoms with E-state index in [1.54, 1.807) is 34.7 Å². The molecule has 0 atom stereocenters. The molecule has 6 nitrogen and oxygen atoms in total. The number of fused-ring (bicyclic) bond motifs is 1. The minimum Gasteiger partial charge on any atom is -0.288 e. The highest BCUT2D eigenvalue weighted by Crippen LogP contribution is 2.15. The van der Waals surface area contributed by atoms with Crippen molar-refractivity contribution in [2.45, 2.75) is 4.90 Å². The van der Waals surface area contributed by atoms with E-state index in [0.29, 0.717) is 11.3 Å². The lowest BCUT2D eigenvalue weighted by Crippen LogP contribution is -2.13. The van der Waals surface area contributed by atoms with Crippen LogP contribution in [0.5, 0.6) is 0 Å². The predicted octanol–water partition coefficient (Wildman–Crippen LogP) is 1.53. The summed E-state index contributed by atoms with van der Waals surface area (Å²) in [7, 11) is -3.61. The number of hydrogen-bond donors (Lipinski definition) is 1. The molecular weight excluding hydrogens is 264 g/mol. The molecule has 0 aliphatic heterocycles. The maximum Gasteiger partial charge on any atom is 0.263 e. The quantitative estimate of drug-likeness (QED) is 0.785. The molecule has 0 aliphatic rings. The van der Waals surface area contributed by atoms with Crippen LogP contribution in [0.2, 0.25) is 0 Å². The number of benzene rings is 1. The molecule has 3 rings (SSSR count). The van der Waals surface area contributed by atoms with Crippen molar-refractivity contribution in [2.24, 2.45) is 0 Å². The van der Waals surface area contributed by atoms with Crippen LogP contribution >= 0.6 is 0 Å². The van der Waals surface area contributed by atoms with E-state index >= 15 is 0 Å². The van der Waals surface area contributed by atoms with E-state index in [0.717, 1.165) is 0 Å². The van der Waals surface area contributed by atoms with Crippen LogP contribution in [0, 0.1) is 0 Å². The molecule has 0 bridgehead atoms. The first kappa shape index (κ1) is 11.7. The molecule has 7 heteroatoms. The van der Waals surface area contributed by atoms with Crippen molar-refractivity contribution in [3.8, 4) is 0 Å². The van der Waals surface area contributed by atoms with Crippen LogP contribution in [0.15, 0.2) is 59.9 Å². The third kappa shape index (κ3) is 2.27. The van der Waals surface area contributed by atoms with Crippen molar-refractivity contribution in [3.05, 3.63) is 55.0 Å². The first-order valence-corrected chi connectivity index (χ1v) is 7.01. The van der Waals surface area contributed by atoms with Gasteiger partial charge in [-0.15, -0.1) is 10.2 Å². The van der Waals surface area contributed by atoms with Crippen molar-refractivity contribution in [3.63, 3.8) is 0 Å². The number of para-hydroxylation sites is 1. The molecule has 19 heavy (non-hydrogen) atoms. The molecule has 2 aromatic heterocycles. The summed E-state index contributed by atoms with van der Waals surface area (Å²) < 4.78 is 28.5. The highest BCUT2D eigenvalue weighted by Gasteiger charge is 2.14. The highest BCUT2D eigenvalue weighted by molar-refractivity contribution is 7.92. The largest absolute Gasteiger partial charge is 0.288 e. The van der Waals surface area contributed by atoms with Crippen molar-refractivity contribution >= 4 is 21.4 Å². The molecule has 0 amide bonds. The summed E-state index contributed by atoms with van der Waals surface area (Å²) in [4.78, 5) is 0.156. The van der Waals surface area contributed by atoms with E-state index in [-0.39, 0.29) is 4.90 Å². The maximum absolute atomic E-state index is 12.2. The Bertz CT molecular complexity index is 812. The molecule has 3 aromatic rings. The van der Waals surface area contributed by atoms with E-state index in [4.69, 9.17) is 0 Å². The monoisotopic (exact) mass is 274 g/mol. The molecule has 0 spiro atoms. The Hall–Kier alpha value is -2.41. The number of hydrogen-bond acceptors (Lipinski definition) is 4. The number of sulfonamides is 1. The smallest absolute Gasteiger partial charge is 0.263 e. The van der Waals surface area contributed by atoms with Crippen molar-refractivity contribution in [1.82, 2.24) is 14.6 Å². The minimum absolute atomic E-state index is 0.156. The fourth-order valence-electron chi connectivity index (χ4n) is 1.69. The van der Waals surface area contributed by atoms with Crippen LogP contribution < -0.4 is 4.72 Å². The molecule has 0 saturated heterocycles. The summed E-state index contributed by atoms with van der Waals surface area (Å²) in [5.74, 6) is 0. The molecule has 0 fully saturated rings. The summed E-state index contributed by atoms with van der Waals surface area (Å²) in [5.41, 5.74) is 1.12. The lowest BCUT2D eigenvalue weighted by Gasteiger charge is -2.07. The average Bonchev–Trinajstić information content (AvgIpc) is 2.86. The number of nitrogens with one attached hydrogen (secondary N) is 1. The molecule has 0 radical (unpaired) electrons. The summed E-state index contributed by atoms with van der Waals surface area (Å²) in [6, 6.07) is 11.8. The zero-order valence-electron chi connectivity index (χ0n) is 9.76. The Morgan fingerprint density at radius 3 is 2.63 bits per heavy atom. The Balaban J connectivity index is 1.99. The van der Waals surface area contributed by atoms with Crippen LogP contribution in [-0.2, 0) is 10.0 Å². The average molecular weight is 274 g/mol. The molecule has 96 valence electrons.